The fraction of sp³-hybridized carbons (Fsp3) is 0.273. The minimum Gasteiger partial charge on any atom is -0.326 e. The molecule has 0 spiro atoms. The first-order valence-corrected chi connectivity index (χ1v) is 4.83. The lowest BCUT2D eigenvalue weighted by atomic mass is 10.1. The Labute approximate surface area is 93.9 Å². The van der Waals surface area contributed by atoms with Gasteiger partial charge in [-0.3, -0.25) is 4.79 Å². The van der Waals surface area contributed by atoms with Crippen molar-refractivity contribution in [2.75, 3.05) is 7.05 Å². The zero-order chi connectivity index (χ0) is 11.4. The highest BCUT2D eigenvalue weighted by molar-refractivity contribution is 6.31. The minimum atomic E-state index is -0.629. The molecule has 1 amide bonds. The Bertz CT molecular complexity index is 411. The van der Waals surface area contributed by atoms with Crippen molar-refractivity contribution < 1.29 is 4.79 Å². The molecule has 0 saturated heterocycles. The molecule has 0 aliphatic rings. The molecule has 0 aromatic heterocycles. The summed E-state index contributed by atoms with van der Waals surface area (Å²) in [5, 5.41) is 9.52. The third kappa shape index (κ3) is 2.48. The van der Waals surface area contributed by atoms with Crippen LogP contribution in [0.15, 0.2) is 24.3 Å². The van der Waals surface area contributed by atoms with Crippen LogP contribution < -0.4 is 0 Å². The normalized spacial score (nSPS) is 11.6. The van der Waals surface area contributed by atoms with Gasteiger partial charge in [0.05, 0.1) is 6.07 Å². The van der Waals surface area contributed by atoms with Gasteiger partial charge in [-0.05, 0) is 6.07 Å². The second-order valence-electron chi connectivity index (χ2n) is 3.18. The summed E-state index contributed by atoms with van der Waals surface area (Å²) in [6.45, 7) is 1.42. The molecule has 0 saturated carbocycles. The van der Waals surface area contributed by atoms with E-state index in [1.54, 1.807) is 31.3 Å². The van der Waals surface area contributed by atoms with E-state index < -0.39 is 6.04 Å². The van der Waals surface area contributed by atoms with Gasteiger partial charge in [-0.15, -0.1) is 0 Å². The van der Waals surface area contributed by atoms with Crippen LogP contribution in [0, 0.1) is 11.3 Å². The predicted octanol–water partition coefficient (Wildman–Crippen LogP) is 2.38. The summed E-state index contributed by atoms with van der Waals surface area (Å²) in [5.74, 6) is -0.165. The third-order valence-corrected chi connectivity index (χ3v) is 2.55. The fourth-order valence-corrected chi connectivity index (χ4v) is 1.48. The Morgan fingerprint density at radius 2 is 2.13 bits per heavy atom. The third-order valence-electron chi connectivity index (χ3n) is 2.21. The van der Waals surface area contributed by atoms with Gasteiger partial charge in [0.15, 0.2) is 0 Å². The van der Waals surface area contributed by atoms with Gasteiger partial charge in [-0.2, -0.15) is 5.26 Å². The van der Waals surface area contributed by atoms with Gasteiger partial charge in [0.1, 0.15) is 6.04 Å². The van der Waals surface area contributed by atoms with Gasteiger partial charge in [0.25, 0.3) is 0 Å². The highest BCUT2D eigenvalue weighted by atomic mass is 35.5. The highest BCUT2D eigenvalue weighted by Crippen LogP contribution is 2.25. The van der Waals surface area contributed by atoms with Crippen LogP contribution in [0.2, 0.25) is 5.02 Å². The first-order chi connectivity index (χ1) is 7.07. The molecule has 1 unspecified atom stereocenters. The number of halogens is 1. The molecule has 1 aromatic carbocycles. The number of carbonyl (C=O) groups excluding carboxylic acids is 1. The molecule has 0 aliphatic carbocycles. The van der Waals surface area contributed by atoms with Crippen molar-refractivity contribution in [2.24, 2.45) is 0 Å². The lowest BCUT2D eigenvalue weighted by Crippen LogP contribution is -2.28. The predicted molar refractivity (Wildman–Crippen MR) is 58.3 cm³/mol. The van der Waals surface area contributed by atoms with Crippen molar-refractivity contribution in [2.45, 2.75) is 13.0 Å². The number of amides is 1. The zero-order valence-electron chi connectivity index (χ0n) is 8.57. The number of nitrogens with zero attached hydrogens (tertiary/aromatic N) is 2. The van der Waals surface area contributed by atoms with Crippen LogP contribution >= 0.6 is 11.6 Å². The maximum atomic E-state index is 11.2. The van der Waals surface area contributed by atoms with E-state index in [9.17, 15) is 4.79 Å². The molecule has 0 aliphatic heterocycles. The summed E-state index contributed by atoms with van der Waals surface area (Å²) in [6.07, 6.45) is 0. The maximum Gasteiger partial charge on any atom is 0.220 e. The van der Waals surface area contributed by atoms with Crippen LogP contribution in [0.5, 0.6) is 0 Å². The van der Waals surface area contributed by atoms with Crippen LogP contribution in [-0.2, 0) is 4.79 Å². The van der Waals surface area contributed by atoms with Gasteiger partial charge in [-0.25, -0.2) is 0 Å². The Morgan fingerprint density at radius 3 is 2.60 bits per heavy atom. The Morgan fingerprint density at radius 1 is 1.53 bits per heavy atom. The molecule has 0 N–H and O–H groups in total. The van der Waals surface area contributed by atoms with E-state index in [2.05, 4.69) is 6.07 Å². The van der Waals surface area contributed by atoms with Crippen LogP contribution in [0.4, 0.5) is 0 Å². The largest absolute Gasteiger partial charge is 0.326 e. The molecule has 4 heteroatoms. The van der Waals surface area contributed by atoms with E-state index in [4.69, 9.17) is 16.9 Å². The Kier molecular flexibility index (Phi) is 3.70. The molecule has 78 valence electrons. The number of carbonyl (C=O) groups is 1. The van der Waals surface area contributed by atoms with E-state index in [0.717, 1.165) is 0 Å². The van der Waals surface area contributed by atoms with Gasteiger partial charge in [0.2, 0.25) is 5.91 Å². The molecule has 1 atom stereocenters. The van der Waals surface area contributed by atoms with Crippen LogP contribution in [-0.4, -0.2) is 17.9 Å². The zero-order valence-corrected chi connectivity index (χ0v) is 9.32. The molecular weight excluding hydrogens is 212 g/mol. The summed E-state index contributed by atoms with van der Waals surface area (Å²) < 4.78 is 0. The number of benzene rings is 1. The quantitative estimate of drug-likeness (QED) is 0.771. The second-order valence-corrected chi connectivity index (χ2v) is 3.59. The van der Waals surface area contributed by atoms with Crippen molar-refractivity contribution in [3.05, 3.63) is 34.9 Å². The molecular formula is C11H11ClN2O. The average molecular weight is 223 g/mol. The van der Waals surface area contributed by atoms with Gasteiger partial charge in [0, 0.05) is 24.6 Å². The molecule has 0 fully saturated rings. The smallest absolute Gasteiger partial charge is 0.220 e. The lowest BCUT2D eigenvalue weighted by Gasteiger charge is -2.22. The van der Waals surface area contributed by atoms with Crippen molar-refractivity contribution in [1.29, 1.82) is 5.26 Å². The van der Waals surface area contributed by atoms with Crippen molar-refractivity contribution >= 4 is 17.5 Å². The van der Waals surface area contributed by atoms with E-state index >= 15 is 0 Å². The first kappa shape index (κ1) is 11.5. The minimum absolute atomic E-state index is 0.165. The summed E-state index contributed by atoms with van der Waals surface area (Å²) in [4.78, 5) is 12.5. The Hall–Kier alpha value is -1.53. The average Bonchev–Trinajstić information content (AvgIpc) is 2.21. The highest BCUT2D eigenvalue weighted by Gasteiger charge is 2.20. The Balaban J connectivity index is 3.10. The number of rotatable bonds is 2. The van der Waals surface area contributed by atoms with Crippen molar-refractivity contribution in [3.63, 3.8) is 0 Å². The van der Waals surface area contributed by atoms with E-state index in [1.165, 1.54) is 11.8 Å². The van der Waals surface area contributed by atoms with Crippen LogP contribution in [0.25, 0.3) is 0 Å². The molecule has 0 bridgehead atoms. The first-order valence-electron chi connectivity index (χ1n) is 4.45. The van der Waals surface area contributed by atoms with E-state index in [0.29, 0.717) is 10.6 Å². The summed E-state index contributed by atoms with van der Waals surface area (Å²) >= 11 is 5.96. The van der Waals surface area contributed by atoms with E-state index in [1.807, 2.05) is 0 Å². The van der Waals surface area contributed by atoms with Crippen molar-refractivity contribution in [1.82, 2.24) is 4.90 Å². The van der Waals surface area contributed by atoms with Gasteiger partial charge in [-0.1, -0.05) is 29.8 Å². The molecule has 15 heavy (non-hydrogen) atoms. The van der Waals surface area contributed by atoms with Gasteiger partial charge < -0.3 is 4.90 Å². The van der Waals surface area contributed by atoms with Crippen molar-refractivity contribution in [3.8, 4) is 6.07 Å². The number of nitriles is 1. The molecule has 3 nitrogen and oxygen atoms in total. The molecule has 1 aromatic rings. The molecule has 0 heterocycles. The SMILES string of the molecule is CC(=O)N(C)C(C#N)c1ccccc1Cl. The van der Waals surface area contributed by atoms with Gasteiger partial charge >= 0.3 is 0 Å². The number of hydrogen-bond acceptors (Lipinski definition) is 2. The second kappa shape index (κ2) is 4.81. The standard InChI is InChI=1S/C11H11ClN2O/c1-8(15)14(2)11(7-13)9-5-3-4-6-10(9)12/h3-6,11H,1-2H3. The maximum absolute atomic E-state index is 11.2. The van der Waals surface area contributed by atoms with E-state index in [-0.39, 0.29) is 5.91 Å². The molecule has 1 rings (SSSR count). The number of hydrogen-bond donors (Lipinski definition) is 0. The fourth-order valence-electron chi connectivity index (χ4n) is 1.24. The molecule has 0 radical (unpaired) electrons. The van der Waals surface area contributed by atoms with Crippen LogP contribution in [0.3, 0.4) is 0 Å². The lowest BCUT2D eigenvalue weighted by molar-refractivity contribution is -0.128. The summed E-state index contributed by atoms with van der Waals surface area (Å²) in [6, 6.07) is 8.46. The summed E-state index contributed by atoms with van der Waals surface area (Å²) in [5.41, 5.74) is 0.652. The topological polar surface area (TPSA) is 44.1 Å². The monoisotopic (exact) mass is 222 g/mol. The summed E-state index contributed by atoms with van der Waals surface area (Å²) in [7, 11) is 1.58. The van der Waals surface area contributed by atoms with Crippen LogP contribution in [0.1, 0.15) is 18.5 Å².